The molecular weight excluding hydrogens is 312 g/mol. The number of nitrogens with two attached hydrogens (primary N) is 1. The van der Waals surface area contributed by atoms with Crippen LogP contribution in [0, 0.1) is 5.41 Å². The first kappa shape index (κ1) is 18.2. The Bertz CT molecular complexity index is 548. The lowest BCUT2D eigenvalue weighted by atomic mass is 9.74. The fourth-order valence-electron chi connectivity index (χ4n) is 2.95. The molecule has 0 unspecified atom stereocenters. The molecule has 0 aliphatic carbocycles. The minimum atomic E-state index is -0.536. The molecule has 0 bridgehead atoms. The molecular formula is C18H27ClN2O2. The summed E-state index contributed by atoms with van der Waals surface area (Å²) in [5.74, 6) is -0.115. The number of amides is 1. The third-order valence-corrected chi connectivity index (χ3v) is 5.04. The van der Waals surface area contributed by atoms with Gasteiger partial charge in [0.05, 0.1) is 6.04 Å². The second-order valence-electron chi connectivity index (χ2n) is 7.43. The first-order valence-corrected chi connectivity index (χ1v) is 8.50. The topological polar surface area (TPSA) is 64.4 Å². The van der Waals surface area contributed by atoms with E-state index in [1.54, 1.807) is 0 Å². The average molecular weight is 339 g/mol. The summed E-state index contributed by atoms with van der Waals surface area (Å²) in [5.41, 5.74) is 6.68. The zero-order chi connectivity index (χ0) is 17.1. The molecule has 1 amide bonds. The van der Waals surface area contributed by atoms with E-state index < -0.39 is 6.04 Å². The highest BCUT2D eigenvalue weighted by Crippen LogP contribution is 2.38. The van der Waals surface area contributed by atoms with Crippen molar-refractivity contribution in [2.75, 3.05) is 19.8 Å². The van der Waals surface area contributed by atoms with Gasteiger partial charge in [0, 0.05) is 30.2 Å². The Hall–Kier alpha value is -1.10. The minimum Gasteiger partial charge on any atom is -0.381 e. The van der Waals surface area contributed by atoms with E-state index in [1.165, 1.54) is 0 Å². The van der Waals surface area contributed by atoms with Crippen molar-refractivity contribution in [2.45, 2.75) is 45.1 Å². The molecule has 0 saturated carbocycles. The third-order valence-electron chi connectivity index (χ3n) is 4.71. The summed E-state index contributed by atoms with van der Waals surface area (Å²) in [5, 5.41) is 3.79. The summed E-state index contributed by atoms with van der Waals surface area (Å²) in [4.78, 5) is 12.4. The number of hydrogen-bond acceptors (Lipinski definition) is 3. The molecule has 4 nitrogen and oxygen atoms in total. The van der Waals surface area contributed by atoms with E-state index in [-0.39, 0.29) is 16.7 Å². The van der Waals surface area contributed by atoms with E-state index in [9.17, 15) is 4.79 Å². The Morgan fingerprint density at radius 1 is 1.35 bits per heavy atom. The fourth-order valence-corrected chi connectivity index (χ4v) is 3.29. The van der Waals surface area contributed by atoms with Crippen LogP contribution in [-0.4, -0.2) is 31.7 Å². The fraction of sp³-hybridized carbons (Fsp3) is 0.611. The third kappa shape index (κ3) is 4.25. The zero-order valence-electron chi connectivity index (χ0n) is 14.2. The Kier molecular flexibility index (Phi) is 5.71. The van der Waals surface area contributed by atoms with Crippen LogP contribution in [0.2, 0.25) is 5.02 Å². The maximum Gasteiger partial charge on any atom is 0.237 e. The monoisotopic (exact) mass is 338 g/mol. The van der Waals surface area contributed by atoms with Crippen molar-refractivity contribution in [3.63, 3.8) is 0 Å². The Morgan fingerprint density at radius 2 is 1.96 bits per heavy atom. The first-order chi connectivity index (χ1) is 10.8. The molecule has 1 atom stereocenters. The van der Waals surface area contributed by atoms with Gasteiger partial charge >= 0.3 is 0 Å². The molecule has 23 heavy (non-hydrogen) atoms. The highest BCUT2D eigenvalue weighted by atomic mass is 35.5. The summed E-state index contributed by atoms with van der Waals surface area (Å²) >= 11 is 6.42. The normalized spacial score (nSPS) is 19.2. The molecule has 3 N–H and O–H groups in total. The molecule has 0 spiro atoms. The van der Waals surface area contributed by atoms with Gasteiger partial charge in [-0.15, -0.1) is 0 Å². The number of nitrogens with one attached hydrogen (secondary N) is 1. The van der Waals surface area contributed by atoms with E-state index >= 15 is 0 Å². The Balaban J connectivity index is 2.17. The number of carbonyl (C=O) groups excluding carboxylic acids is 1. The van der Waals surface area contributed by atoms with Crippen molar-refractivity contribution in [2.24, 2.45) is 11.1 Å². The lowest BCUT2D eigenvalue weighted by molar-refractivity contribution is -0.125. The van der Waals surface area contributed by atoms with E-state index in [1.807, 2.05) is 45.0 Å². The lowest BCUT2D eigenvalue weighted by Crippen LogP contribution is -2.52. The molecule has 0 aromatic heterocycles. The summed E-state index contributed by atoms with van der Waals surface area (Å²) in [6, 6.07) is 7.32. The van der Waals surface area contributed by atoms with Gasteiger partial charge in [-0.25, -0.2) is 0 Å². The van der Waals surface area contributed by atoms with E-state index in [0.29, 0.717) is 19.8 Å². The maximum atomic E-state index is 12.4. The van der Waals surface area contributed by atoms with Gasteiger partial charge in [0.2, 0.25) is 5.91 Å². The molecule has 1 heterocycles. The van der Waals surface area contributed by atoms with Crippen LogP contribution in [0.4, 0.5) is 0 Å². The summed E-state index contributed by atoms with van der Waals surface area (Å²) in [7, 11) is 0. The molecule has 1 saturated heterocycles. The molecule has 1 aromatic rings. The van der Waals surface area contributed by atoms with Gasteiger partial charge in [-0.3, -0.25) is 4.79 Å². The molecule has 0 radical (unpaired) electrons. The van der Waals surface area contributed by atoms with Crippen LogP contribution in [0.1, 0.15) is 39.2 Å². The predicted octanol–water partition coefficient (Wildman–Crippen LogP) is 2.88. The molecule has 1 aromatic carbocycles. The van der Waals surface area contributed by atoms with Crippen LogP contribution in [-0.2, 0) is 14.9 Å². The van der Waals surface area contributed by atoms with Crippen molar-refractivity contribution in [1.82, 2.24) is 5.32 Å². The Labute approximate surface area is 143 Å². The predicted molar refractivity (Wildman–Crippen MR) is 93.6 cm³/mol. The first-order valence-electron chi connectivity index (χ1n) is 8.12. The van der Waals surface area contributed by atoms with E-state index in [0.717, 1.165) is 23.4 Å². The number of hydrogen-bond donors (Lipinski definition) is 2. The van der Waals surface area contributed by atoms with Gasteiger partial charge < -0.3 is 15.8 Å². The summed E-state index contributed by atoms with van der Waals surface area (Å²) in [6.07, 6.45) is 1.67. The van der Waals surface area contributed by atoms with Crippen LogP contribution in [0.5, 0.6) is 0 Å². The van der Waals surface area contributed by atoms with Crippen molar-refractivity contribution in [3.8, 4) is 0 Å². The van der Waals surface area contributed by atoms with Gasteiger partial charge in [-0.05, 0) is 29.9 Å². The number of carbonyl (C=O) groups is 1. The number of halogens is 1. The van der Waals surface area contributed by atoms with Gasteiger partial charge in [0.25, 0.3) is 0 Å². The highest BCUT2D eigenvalue weighted by molar-refractivity contribution is 6.31. The maximum absolute atomic E-state index is 12.4. The van der Waals surface area contributed by atoms with Crippen LogP contribution in [0.25, 0.3) is 0 Å². The number of rotatable bonds is 4. The quantitative estimate of drug-likeness (QED) is 0.887. The van der Waals surface area contributed by atoms with Crippen LogP contribution < -0.4 is 11.1 Å². The number of ether oxygens (including phenoxy) is 1. The van der Waals surface area contributed by atoms with Crippen molar-refractivity contribution in [1.29, 1.82) is 0 Å². The van der Waals surface area contributed by atoms with Gasteiger partial charge in [-0.1, -0.05) is 50.6 Å². The van der Waals surface area contributed by atoms with E-state index in [4.69, 9.17) is 22.1 Å². The second-order valence-corrected chi connectivity index (χ2v) is 7.84. The van der Waals surface area contributed by atoms with Crippen molar-refractivity contribution >= 4 is 17.5 Å². The van der Waals surface area contributed by atoms with Crippen LogP contribution in [0.15, 0.2) is 24.3 Å². The zero-order valence-corrected chi connectivity index (χ0v) is 15.0. The van der Waals surface area contributed by atoms with Gasteiger partial charge in [0.15, 0.2) is 0 Å². The second kappa shape index (κ2) is 7.20. The summed E-state index contributed by atoms with van der Waals surface area (Å²) in [6.45, 7) is 7.78. The molecule has 2 rings (SSSR count). The Morgan fingerprint density at radius 3 is 2.52 bits per heavy atom. The standard InChI is InChI=1S/C18H27ClN2O2/c1-17(2,3)15(20)16(22)21-12-18(8-10-23-11-9-18)13-6-4-5-7-14(13)19/h4-7,15H,8-12,20H2,1-3H3,(H,21,22)/t15-/m1/s1. The molecule has 1 fully saturated rings. The van der Waals surface area contributed by atoms with Crippen molar-refractivity contribution < 1.29 is 9.53 Å². The van der Waals surface area contributed by atoms with Crippen LogP contribution in [0.3, 0.4) is 0 Å². The highest BCUT2D eigenvalue weighted by Gasteiger charge is 2.37. The van der Waals surface area contributed by atoms with Gasteiger partial charge in [0.1, 0.15) is 0 Å². The molecule has 128 valence electrons. The van der Waals surface area contributed by atoms with Crippen LogP contribution >= 0.6 is 11.6 Å². The molecule has 1 aliphatic rings. The lowest BCUT2D eigenvalue weighted by Gasteiger charge is -2.39. The number of benzene rings is 1. The van der Waals surface area contributed by atoms with Crippen molar-refractivity contribution in [3.05, 3.63) is 34.9 Å². The average Bonchev–Trinajstić information content (AvgIpc) is 2.52. The molecule has 5 heteroatoms. The van der Waals surface area contributed by atoms with Gasteiger partial charge in [-0.2, -0.15) is 0 Å². The summed E-state index contributed by atoms with van der Waals surface area (Å²) < 4.78 is 5.51. The molecule has 1 aliphatic heterocycles. The SMILES string of the molecule is CC(C)(C)[C@H](N)C(=O)NCC1(c2ccccc2Cl)CCOCC1. The van der Waals surface area contributed by atoms with E-state index in [2.05, 4.69) is 5.32 Å². The minimum absolute atomic E-state index is 0.115. The largest absolute Gasteiger partial charge is 0.381 e. The smallest absolute Gasteiger partial charge is 0.237 e.